The van der Waals surface area contributed by atoms with E-state index in [1.165, 1.54) is 4.90 Å². The van der Waals surface area contributed by atoms with Crippen LogP contribution in [0.25, 0.3) is 0 Å². The van der Waals surface area contributed by atoms with Crippen LogP contribution in [0.2, 0.25) is 0 Å². The molecule has 19 heavy (non-hydrogen) atoms. The Hall–Kier alpha value is -0.810. The van der Waals surface area contributed by atoms with E-state index in [1.807, 2.05) is 12.1 Å². The number of hydrogen-bond donors (Lipinski definition) is 0. The van der Waals surface area contributed by atoms with Gasteiger partial charge in [-0.3, -0.25) is 0 Å². The van der Waals surface area contributed by atoms with Crippen LogP contribution in [-0.4, -0.2) is 10.1 Å². The highest BCUT2D eigenvalue weighted by Crippen LogP contribution is 2.24. The molecule has 0 aliphatic heterocycles. The lowest BCUT2D eigenvalue weighted by Gasteiger charge is -1.99. The molecule has 2 rings (SSSR count). The van der Waals surface area contributed by atoms with Crippen molar-refractivity contribution in [2.75, 3.05) is 0 Å². The molecule has 1 aromatic carbocycles. The molecule has 0 unspecified atom stereocenters. The fourth-order valence-electron chi connectivity index (χ4n) is 1.57. The zero-order valence-corrected chi connectivity index (χ0v) is 13.5. The first-order valence-corrected chi connectivity index (χ1v) is 8.11. The Morgan fingerprint density at radius 1 is 1.37 bits per heavy atom. The maximum atomic E-state index is 5.26. The molecule has 0 aliphatic rings. The molecule has 0 fully saturated rings. The van der Waals surface area contributed by atoms with Crippen LogP contribution < -0.4 is 0 Å². The van der Waals surface area contributed by atoms with Gasteiger partial charge in [-0.1, -0.05) is 41.0 Å². The van der Waals surface area contributed by atoms with E-state index in [9.17, 15) is 0 Å². The van der Waals surface area contributed by atoms with Gasteiger partial charge in [-0.05, 0) is 30.5 Å². The van der Waals surface area contributed by atoms with E-state index in [-0.39, 0.29) is 0 Å². The van der Waals surface area contributed by atoms with Crippen molar-refractivity contribution in [3.8, 4) is 0 Å². The number of aromatic nitrogens is 2. The van der Waals surface area contributed by atoms with Gasteiger partial charge in [0.2, 0.25) is 5.89 Å². The number of aryl methyl sites for hydroxylation is 1. The molecule has 5 heteroatoms. The molecule has 0 bridgehead atoms. The van der Waals surface area contributed by atoms with Gasteiger partial charge in [0.05, 0.1) is 5.75 Å². The van der Waals surface area contributed by atoms with Crippen molar-refractivity contribution in [3.63, 3.8) is 0 Å². The van der Waals surface area contributed by atoms with Crippen molar-refractivity contribution in [2.45, 2.75) is 37.3 Å². The third-order valence-corrected chi connectivity index (χ3v) is 4.09. The average molecular weight is 341 g/mol. The van der Waals surface area contributed by atoms with Crippen LogP contribution >= 0.6 is 27.7 Å². The predicted octanol–water partition coefficient (Wildman–Crippen LogP) is 4.71. The summed E-state index contributed by atoms with van der Waals surface area (Å²) in [5.74, 6) is 2.89. The molecule has 2 aromatic rings. The SMILES string of the molecule is CC(C)CCc1noc(CSc2cccc(Br)c2)n1. The van der Waals surface area contributed by atoms with Gasteiger partial charge in [0.1, 0.15) is 0 Å². The lowest BCUT2D eigenvalue weighted by atomic mass is 10.1. The summed E-state index contributed by atoms with van der Waals surface area (Å²) < 4.78 is 6.34. The summed E-state index contributed by atoms with van der Waals surface area (Å²) in [7, 11) is 0. The van der Waals surface area contributed by atoms with Gasteiger partial charge in [-0.25, -0.2) is 0 Å². The Bertz CT molecular complexity index is 528. The van der Waals surface area contributed by atoms with Crippen molar-refractivity contribution in [1.29, 1.82) is 0 Å². The standard InChI is InChI=1S/C14H17BrN2OS/c1-10(2)6-7-13-16-14(18-17-13)9-19-12-5-3-4-11(15)8-12/h3-5,8,10H,6-7,9H2,1-2H3. The lowest BCUT2D eigenvalue weighted by molar-refractivity contribution is 0.383. The zero-order chi connectivity index (χ0) is 13.7. The summed E-state index contributed by atoms with van der Waals surface area (Å²) in [6, 6.07) is 8.20. The topological polar surface area (TPSA) is 38.9 Å². The van der Waals surface area contributed by atoms with E-state index in [0.29, 0.717) is 17.6 Å². The number of thioether (sulfide) groups is 1. The van der Waals surface area contributed by atoms with Gasteiger partial charge in [0.25, 0.3) is 0 Å². The fourth-order valence-corrected chi connectivity index (χ4v) is 2.91. The van der Waals surface area contributed by atoms with Gasteiger partial charge in [0.15, 0.2) is 5.82 Å². The van der Waals surface area contributed by atoms with Crippen LogP contribution in [0.15, 0.2) is 38.2 Å². The van der Waals surface area contributed by atoms with Crippen LogP contribution in [0.4, 0.5) is 0 Å². The van der Waals surface area contributed by atoms with Crippen molar-refractivity contribution < 1.29 is 4.52 Å². The Morgan fingerprint density at radius 2 is 2.21 bits per heavy atom. The van der Waals surface area contributed by atoms with Gasteiger partial charge in [-0.2, -0.15) is 4.98 Å². The second-order valence-corrected chi connectivity index (χ2v) is 6.75. The minimum absolute atomic E-state index is 0.665. The first-order chi connectivity index (χ1) is 9.13. The molecule has 0 atom stereocenters. The van der Waals surface area contributed by atoms with Crippen molar-refractivity contribution >= 4 is 27.7 Å². The molecule has 1 heterocycles. The van der Waals surface area contributed by atoms with Crippen LogP contribution in [0.1, 0.15) is 32.0 Å². The second kappa shape index (κ2) is 7.10. The summed E-state index contributed by atoms with van der Waals surface area (Å²) in [5, 5.41) is 4.01. The summed E-state index contributed by atoms with van der Waals surface area (Å²) in [5.41, 5.74) is 0. The first kappa shape index (κ1) is 14.6. The summed E-state index contributed by atoms with van der Waals surface area (Å²) >= 11 is 5.16. The van der Waals surface area contributed by atoms with Crippen LogP contribution in [0.5, 0.6) is 0 Å². The van der Waals surface area contributed by atoms with Crippen molar-refractivity contribution in [1.82, 2.24) is 10.1 Å². The quantitative estimate of drug-likeness (QED) is 0.713. The highest BCUT2D eigenvalue weighted by atomic mass is 79.9. The van der Waals surface area contributed by atoms with Crippen LogP contribution in [-0.2, 0) is 12.2 Å². The molecule has 0 N–H and O–H groups in total. The minimum Gasteiger partial charge on any atom is -0.338 e. The third-order valence-electron chi connectivity index (χ3n) is 2.61. The summed E-state index contributed by atoms with van der Waals surface area (Å²) in [6.07, 6.45) is 1.99. The molecule has 0 saturated carbocycles. The number of hydrogen-bond acceptors (Lipinski definition) is 4. The van der Waals surface area contributed by atoms with E-state index in [0.717, 1.165) is 23.1 Å². The zero-order valence-electron chi connectivity index (χ0n) is 11.1. The van der Waals surface area contributed by atoms with E-state index < -0.39 is 0 Å². The van der Waals surface area contributed by atoms with Crippen molar-refractivity contribution in [3.05, 3.63) is 40.5 Å². The monoisotopic (exact) mass is 340 g/mol. The molecular weight excluding hydrogens is 324 g/mol. The minimum atomic E-state index is 0.665. The maximum Gasteiger partial charge on any atom is 0.237 e. The highest BCUT2D eigenvalue weighted by molar-refractivity contribution is 9.10. The molecule has 1 aromatic heterocycles. The normalized spacial score (nSPS) is 11.2. The molecule has 102 valence electrons. The first-order valence-electron chi connectivity index (χ1n) is 6.33. The molecule has 0 spiro atoms. The Labute approximate surface area is 126 Å². The predicted molar refractivity (Wildman–Crippen MR) is 81.2 cm³/mol. The molecular formula is C14H17BrN2OS. The van der Waals surface area contributed by atoms with E-state index in [2.05, 4.69) is 52.1 Å². The Morgan fingerprint density at radius 3 is 2.95 bits per heavy atom. The van der Waals surface area contributed by atoms with E-state index >= 15 is 0 Å². The third kappa shape index (κ3) is 4.99. The fraction of sp³-hybridized carbons (Fsp3) is 0.429. The summed E-state index contributed by atoms with van der Waals surface area (Å²) in [4.78, 5) is 5.60. The molecule has 0 amide bonds. The van der Waals surface area contributed by atoms with Gasteiger partial charge >= 0.3 is 0 Å². The molecule has 0 radical (unpaired) electrons. The van der Waals surface area contributed by atoms with E-state index in [4.69, 9.17) is 4.52 Å². The smallest absolute Gasteiger partial charge is 0.237 e. The number of rotatable bonds is 6. The maximum absolute atomic E-state index is 5.26. The molecule has 0 saturated heterocycles. The number of halogens is 1. The number of benzene rings is 1. The van der Waals surface area contributed by atoms with E-state index in [1.54, 1.807) is 11.8 Å². The van der Waals surface area contributed by atoms with Gasteiger partial charge in [0, 0.05) is 15.8 Å². The number of nitrogens with zero attached hydrogens (tertiary/aromatic N) is 2. The average Bonchev–Trinajstić information content (AvgIpc) is 2.82. The molecule has 0 aliphatic carbocycles. The van der Waals surface area contributed by atoms with Gasteiger partial charge < -0.3 is 4.52 Å². The Kier molecular flexibility index (Phi) is 5.45. The van der Waals surface area contributed by atoms with Crippen LogP contribution in [0.3, 0.4) is 0 Å². The largest absolute Gasteiger partial charge is 0.338 e. The van der Waals surface area contributed by atoms with Crippen LogP contribution in [0, 0.1) is 5.92 Å². The Balaban J connectivity index is 1.86. The summed E-state index contributed by atoms with van der Waals surface area (Å²) in [6.45, 7) is 4.40. The van der Waals surface area contributed by atoms with Crippen molar-refractivity contribution in [2.24, 2.45) is 5.92 Å². The second-order valence-electron chi connectivity index (χ2n) is 4.78. The lowest BCUT2D eigenvalue weighted by Crippen LogP contribution is -1.94. The molecule has 3 nitrogen and oxygen atoms in total. The van der Waals surface area contributed by atoms with Gasteiger partial charge in [-0.15, -0.1) is 11.8 Å². The highest BCUT2D eigenvalue weighted by Gasteiger charge is 2.07.